The van der Waals surface area contributed by atoms with Crippen LogP contribution in [0.15, 0.2) is 53.1 Å². The van der Waals surface area contributed by atoms with Gasteiger partial charge in [-0.15, -0.1) is 11.3 Å². The van der Waals surface area contributed by atoms with Gasteiger partial charge < -0.3 is 15.1 Å². The molecule has 2 aromatic heterocycles. The Morgan fingerprint density at radius 2 is 1.73 bits per heavy atom. The van der Waals surface area contributed by atoms with Crippen molar-refractivity contribution in [1.29, 1.82) is 0 Å². The molecule has 0 saturated carbocycles. The van der Waals surface area contributed by atoms with E-state index in [9.17, 15) is 9.59 Å². The Kier molecular flexibility index (Phi) is 4.58. The number of carbonyl (C=O) groups is 2. The molecule has 4 rings (SSSR count). The second kappa shape index (κ2) is 7.17. The van der Waals surface area contributed by atoms with Gasteiger partial charge in [0.25, 0.3) is 11.8 Å². The summed E-state index contributed by atoms with van der Waals surface area (Å²) in [5, 5.41) is 6.39. The molecule has 0 radical (unpaired) electrons. The fourth-order valence-corrected chi connectivity index (χ4v) is 4.46. The molecule has 5 nitrogen and oxygen atoms in total. The quantitative estimate of drug-likeness (QED) is 0.701. The molecule has 3 aromatic rings. The molecule has 0 saturated heterocycles. The fourth-order valence-electron chi connectivity index (χ4n) is 3.18. The number of fused-ring (bicyclic) bond motifs is 1. The van der Waals surface area contributed by atoms with Crippen LogP contribution in [0, 0.1) is 0 Å². The maximum Gasteiger partial charge on any atom is 0.291 e. The number of hydrogen-bond acceptors (Lipinski definition) is 4. The van der Waals surface area contributed by atoms with Gasteiger partial charge in [-0.2, -0.15) is 0 Å². The van der Waals surface area contributed by atoms with Crippen LogP contribution in [0.25, 0.3) is 0 Å². The van der Waals surface area contributed by atoms with E-state index in [4.69, 9.17) is 4.42 Å². The van der Waals surface area contributed by atoms with Crippen LogP contribution in [0.1, 0.15) is 44.2 Å². The second-order valence-corrected chi connectivity index (χ2v) is 7.27. The van der Waals surface area contributed by atoms with Gasteiger partial charge in [0, 0.05) is 10.6 Å². The highest BCUT2D eigenvalue weighted by Gasteiger charge is 2.27. The SMILES string of the molecule is O=C(Nc1sc2c(c1C(=O)Nc1ccccc1)CCCC2)c1ccco1. The lowest BCUT2D eigenvalue weighted by atomic mass is 9.95. The van der Waals surface area contributed by atoms with Crippen molar-refractivity contribution in [3.05, 3.63) is 70.5 Å². The molecule has 0 atom stereocenters. The average Bonchev–Trinajstić information content (AvgIpc) is 3.30. The lowest BCUT2D eigenvalue weighted by molar-refractivity contribution is 0.0997. The summed E-state index contributed by atoms with van der Waals surface area (Å²) in [6.07, 6.45) is 5.43. The zero-order valence-electron chi connectivity index (χ0n) is 14.1. The Bertz CT molecular complexity index is 930. The zero-order valence-corrected chi connectivity index (χ0v) is 14.9. The molecule has 6 heteroatoms. The van der Waals surface area contributed by atoms with Crippen molar-refractivity contribution in [1.82, 2.24) is 0 Å². The first-order valence-electron chi connectivity index (χ1n) is 8.58. The highest BCUT2D eigenvalue weighted by atomic mass is 32.1. The van der Waals surface area contributed by atoms with Gasteiger partial charge in [0.05, 0.1) is 11.8 Å². The average molecular weight is 366 g/mol. The van der Waals surface area contributed by atoms with Crippen LogP contribution in [0.5, 0.6) is 0 Å². The highest BCUT2D eigenvalue weighted by Crippen LogP contribution is 2.38. The number of carbonyl (C=O) groups excluding carboxylic acids is 2. The number of rotatable bonds is 4. The van der Waals surface area contributed by atoms with E-state index in [-0.39, 0.29) is 17.6 Å². The first-order valence-corrected chi connectivity index (χ1v) is 9.40. The molecule has 26 heavy (non-hydrogen) atoms. The minimum atomic E-state index is -0.345. The number of benzene rings is 1. The molecule has 0 fully saturated rings. The number of hydrogen-bond donors (Lipinski definition) is 2. The third-order valence-electron chi connectivity index (χ3n) is 4.40. The van der Waals surface area contributed by atoms with Gasteiger partial charge in [-0.25, -0.2) is 0 Å². The summed E-state index contributed by atoms with van der Waals surface area (Å²) >= 11 is 1.49. The molecule has 0 unspecified atom stereocenters. The van der Waals surface area contributed by atoms with Gasteiger partial charge in [-0.05, 0) is 55.5 Å². The van der Waals surface area contributed by atoms with E-state index in [0.717, 1.165) is 36.9 Å². The standard InChI is InChI=1S/C20H18N2O3S/c23-18(15-10-6-12-25-15)22-20-17(14-9-4-5-11-16(14)26-20)19(24)21-13-7-2-1-3-8-13/h1-3,6-8,10,12H,4-5,9,11H2,(H,21,24)(H,22,23). The number of para-hydroxylation sites is 1. The van der Waals surface area contributed by atoms with Crippen LogP contribution in [-0.4, -0.2) is 11.8 Å². The highest BCUT2D eigenvalue weighted by molar-refractivity contribution is 7.17. The molecule has 0 spiro atoms. The predicted molar refractivity (Wildman–Crippen MR) is 102 cm³/mol. The van der Waals surface area contributed by atoms with Gasteiger partial charge in [-0.3, -0.25) is 9.59 Å². The van der Waals surface area contributed by atoms with E-state index >= 15 is 0 Å². The summed E-state index contributed by atoms with van der Waals surface area (Å²) in [5.74, 6) is -0.307. The summed E-state index contributed by atoms with van der Waals surface area (Å²) in [7, 11) is 0. The van der Waals surface area contributed by atoms with E-state index < -0.39 is 0 Å². The Balaban J connectivity index is 1.66. The van der Waals surface area contributed by atoms with Gasteiger partial charge in [0.15, 0.2) is 5.76 Å². The molecule has 2 heterocycles. The fraction of sp³-hybridized carbons (Fsp3) is 0.200. The van der Waals surface area contributed by atoms with E-state index in [1.807, 2.05) is 30.3 Å². The molecule has 1 aromatic carbocycles. The maximum atomic E-state index is 13.0. The van der Waals surface area contributed by atoms with Crippen molar-refractivity contribution in [3.8, 4) is 0 Å². The van der Waals surface area contributed by atoms with Gasteiger partial charge in [0.2, 0.25) is 0 Å². The summed E-state index contributed by atoms with van der Waals surface area (Å²) in [4.78, 5) is 26.5. The lowest BCUT2D eigenvalue weighted by Gasteiger charge is -2.13. The first kappa shape index (κ1) is 16.6. The van der Waals surface area contributed by atoms with Crippen molar-refractivity contribution >= 4 is 33.8 Å². The molecule has 2 amide bonds. The minimum absolute atomic E-state index is 0.189. The van der Waals surface area contributed by atoms with E-state index in [1.54, 1.807) is 12.1 Å². The summed E-state index contributed by atoms with van der Waals surface area (Å²) in [5.41, 5.74) is 2.37. The maximum absolute atomic E-state index is 13.0. The van der Waals surface area contributed by atoms with Crippen molar-refractivity contribution in [2.45, 2.75) is 25.7 Å². The van der Waals surface area contributed by atoms with Crippen LogP contribution >= 0.6 is 11.3 Å². The topological polar surface area (TPSA) is 71.3 Å². The smallest absolute Gasteiger partial charge is 0.291 e. The van der Waals surface area contributed by atoms with Crippen molar-refractivity contribution in [2.75, 3.05) is 10.6 Å². The summed E-state index contributed by atoms with van der Waals surface area (Å²) in [6, 6.07) is 12.6. The monoisotopic (exact) mass is 366 g/mol. The number of furan rings is 1. The molecule has 0 bridgehead atoms. The van der Waals surface area contributed by atoms with E-state index in [2.05, 4.69) is 10.6 Å². The lowest BCUT2D eigenvalue weighted by Crippen LogP contribution is -2.18. The summed E-state index contributed by atoms with van der Waals surface area (Å²) in [6.45, 7) is 0. The number of aryl methyl sites for hydroxylation is 1. The van der Waals surface area contributed by atoms with Crippen LogP contribution in [-0.2, 0) is 12.8 Å². The third kappa shape index (κ3) is 3.28. The number of anilines is 2. The molecule has 1 aliphatic rings. The van der Waals surface area contributed by atoms with Crippen molar-refractivity contribution in [2.24, 2.45) is 0 Å². The Morgan fingerprint density at radius 1 is 0.923 bits per heavy atom. The Labute approximate surface area is 155 Å². The predicted octanol–water partition coefficient (Wildman–Crippen LogP) is 4.72. The third-order valence-corrected chi connectivity index (χ3v) is 5.61. The number of thiophene rings is 1. The minimum Gasteiger partial charge on any atom is -0.459 e. The number of amides is 2. The second-order valence-electron chi connectivity index (χ2n) is 6.17. The van der Waals surface area contributed by atoms with Gasteiger partial charge >= 0.3 is 0 Å². The molecular weight excluding hydrogens is 348 g/mol. The Hall–Kier alpha value is -2.86. The van der Waals surface area contributed by atoms with Crippen LogP contribution < -0.4 is 10.6 Å². The molecule has 1 aliphatic carbocycles. The van der Waals surface area contributed by atoms with Crippen molar-refractivity contribution < 1.29 is 14.0 Å². The van der Waals surface area contributed by atoms with Crippen molar-refractivity contribution in [3.63, 3.8) is 0 Å². The normalized spacial score (nSPS) is 13.1. The van der Waals surface area contributed by atoms with E-state index in [1.165, 1.54) is 22.5 Å². The zero-order chi connectivity index (χ0) is 17.9. The molecule has 0 aliphatic heterocycles. The van der Waals surface area contributed by atoms with Crippen LogP contribution in [0.2, 0.25) is 0 Å². The van der Waals surface area contributed by atoms with Gasteiger partial charge in [0.1, 0.15) is 5.00 Å². The van der Waals surface area contributed by atoms with E-state index in [0.29, 0.717) is 10.6 Å². The Morgan fingerprint density at radius 3 is 2.50 bits per heavy atom. The van der Waals surface area contributed by atoms with Gasteiger partial charge in [-0.1, -0.05) is 18.2 Å². The largest absolute Gasteiger partial charge is 0.459 e. The van der Waals surface area contributed by atoms with Crippen LogP contribution in [0.4, 0.5) is 10.7 Å². The first-order chi connectivity index (χ1) is 12.7. The molecular formula is C20H18N2O3S. The summed E-state index contributed by atoms with van der Waals surface area (Å²) < 4.78 is 5.16. The van der Waals surface area contributed by atoms with Crippen LogP contribution in [0.3, 0.4) is 0 Å². The number of nitrogens with one attached hydrogen (secondary N) is 2. The molecule has 132 valence electrons. The molecule has 2 N–H and O–H groups in total.